The molecular formula is C12H16O3S. The second-order valence-electron chi connectivity index (χ2n) is 5.21. The van der Waals surface area contributed by atoms with Crippen LogP contribution in [0.3, 0.4) is 0 Å². The fourth-order valence-electron chi connectivity index (χ4n) is 3.72. The van der Waals surface area contributed by atoms with E-state index in [1.54, 1.807) is 0 Å². The van der Waals surface area contributed by atoms with Gasteiger partial charge in [0.2, 0.25) is 0 Å². The van der Waals surface area contributed by atoms with Crippen molar-refractivity contribution in [2.24, 2.45) is 23.7 Å². The SMILES string of the molecule is CC1=C[C@@H]2C=C[C@@H]3C[C@@H](OS(C)(=O)=O)[C@H]1[C@H]23. The predicted octanol–water partition coefficient (Wildman–Crippen LogP) is 1.73. The summed E-state index contributed by atoms with van der Waals surface area (Å²) in [5.74, 6) is 1.89. The van der Waals surface area contributed by atoms with Gasteiger partial charge in [0.05, 0.1) is 12.4 Å². The van der Waals surface area contributed by atoms with Gasteiger partial charge in [-0.1, -0.05) is 23.8 Å². The summed E-state index contributed by atoms with van der Waals surface area (Å²) < 4.78 is 27.7. The normalized spacial score (nSPS) is 44.9. The van der Waals surface area contributed by atoms with Crippen LogP contribution < -0.4 is 0 Å². The lowest BCUT2D eigenvalue weighted by atomic mass is 9.88. The van der Waals surface area contributed by atoms with Crippen molar-refractivity contribution in [1.29, 1.82) is 0 Å². The minimum Gasteiger partial charge on any atom is -0.266 e. The van der Waals surface area contributed by atoms with E-state index in [-0.39, 0.29) is 6.10 Å². The summed E-state index contributed by atoms with van der Waals surface area (Å²) >= 11 is 0. The summed E-state index contributed by atoms with van der Waals surface area (Å²) in [5.41, 5.74) is 1.30. The third kappa shape index (κ3) is 1.47. The Balaban J connectivity index is 1.90. The molecule has 88 valence electrons. The molecule has 0 saturated heterocycles. The summed E-state index contributed by atoms with van der Waals surface area (Å²) in [7, 11) is -3.34. The Morgan fingerprint density at radius 2 is 2.12 bits per heavy atom. The van der Waals surface area contributed by atoms with Crippen LogP contribution >= 0.6 is 0 Å². The fraction of sp³-hybridized carbons (Fsp3) is 0.667. The van der Waals surface area contributed by atoms with E-state index >= 15 is 0 Å². The zero-order valence-corrected chi connectivity index (χ0v) is 10.3. The first-order chi connectivity index (χ1) is 7.46. The van der Waals surface area contributed by atoms with Crippen LogP contribution in [-0.4, -0.2) is 20.8 Å². The van der Waals surface area contributed by atoms with E-state index in [4.69, 9.17) is 4.18 Å². The van der Waals surface area contributed by atoms with Gasteiger partial charge < -0.3 is 0 Å². The van der Waals surface area contributed by atoms with E-state index < -0.39 is 10.1 Å². The van der Waals surface area contributed by atoms with Gasteiger partial charge in [-0.3, -0.25) is 4.18 Å². The summed E-state index contributed by atoms with van der Waals surface area (Å²) in [6.07, 6.45) is 8.61. The number of hydrogen-bond donors (Lipinski definition) is 0. The molecule has 3 nitrogen and oxygen atoms in total. The van der Waals surface area contributed by atoms with E-state index in [0.29, 0.717) is 23.7 Å². The molecular weight excluding hydrogens is 224 g/mol. The molecule has 0 radical (unpaired) electrons. The van der Waals surface area contributed by atoms with Gasteiger partial charge in [0, 0.05) is 5.92 Å². The van der Waals surface area contributed by atoms with Crippen molar-refractivity contribution in [2.45, 2.75) is 19.4 Å². The van der Waals surface area contributed by atoms with Crippen molar-refractivity contribution in [1.82, 2.24) is 0 Å². The largest absolute Gasteiger partial charge is 0.266 e. The minimum atomic E-state index is -3.34. The molecule has 0 aromatic carbocycles. The second-order valence-corrected chi connectivity index (χ2v) is 6.82. The molecule has 0 amide bonds. The van der Waals surface area contributed by atoms with Gasteiger partial charge in [0.15, 0.2) is 0 Å². The molecule has 3 aliphatic rings. The highest BCUT2D eigenvalue weighted by atomic mass is 32.2. The van der Waals surface area contributed by atoms with Gasteiger partial charge in [0.25, 0.3) is 10.1 Å². The number of hydrogen-bond acceptors (Lipinski definition) is 3. The van der Waals surface area contributed by atoms with Crippen LogP contribution in [0.5, 0.6) is 0 Å². The maximum atomic E-state index is 11.2. The van der Waals surface area contributed by atoms with E-state index in [9.17, 15) is 8.42 Å². The number of allylic oxidation sites excluding steroid dienone is 3. The first kappa shape index (κ1) is 10.5. The molecule has 4 heteroatoms. The summed E-state index contributed by atoms with van der Waals surface area (Å²) in [6, 6.07) is 0. The highest BCUT2D eigenvalue weighted by molar-refractivity contribution is 7.86. The van der Waals surface area contributed by atoms with Crippen LogP contribution in [0.1, 0.15) is 13.3 Å². The second kappa shape index (κ2) is 3.20. The van der Waals surface area contributed by atoms with Crippen molar-refractivity contribution in [3.8, 4) is 0 Å². The molecule has 1 saturated carbocycles. The Bertz CT molecular complexity index is 474. The zero-order chi connectivity index (χ0) is 11.5. The predicted molar refractivity (Wildman–Crippen MR) is 61.2 cm³/mol. The van der Waals surface area contributed by atoms with Gasteiger partial charge in [-0.2, -0.15) is 8.42 Å². The summed E-state index contributed by atoms with van der Waals surface area (Å²) in [6.45, 7) is 2.10. The first-order valence-electron chi connectivity index (χ1n) is 5.70. The summed E-state index contributed by atoms with van der Waals surface area (Å²) in [4.78, 5) is 0. The van der Waals surface area contributed by atoms with Crippen LogP contribution in [0.25, 0.3) is 0 Å². The molecule has 0 aliphatic heterocycles. The Labute approximate surface area is 96.3 Å². The van der Waals surface area contributed by atoms with Crippen LogP contribution in [0, 0.1) is 23.7 Å². The molecule has 0 bridgehead atoms. The molecule has 0 aromatic rings. The lowest BCUT2D eigenvalue weighted by Gasteiger charge is -2.20. The van der Waals surface area contributed by atoms with Crippen LogP contribution in [0.4, 0.5) is 0 Å². The lowest BCUT2D eigenvalue weighted by Crippen LogP contribution is -2.24. The third-order valence-electron chi connectivity index (χ3n) is 4.12. The Hall–Kier alpha value is -0.610. The molecule has 0 heterocycles. The quantitative estimate of drug-likeness (QED) is 0.545. The highest BCUT2D eigenvalue weighted by Crippen LogP contribution is 2.55. The third-order valence-corrected chi connectivity index (χ3v) is 4.72. The summed E-state index contributed by atoms with van der Waals surface area (Å²) in [5, 5.41) is 0. The van der Waals surface area contributed by atoms with Crippen molar-refractivity contribution < 1.29 is 12.6 Å². The molecule has 0 spiro atoms. The Morgan fingerprint density at radius 1 is 1.38 bits per heavy atom. The Kier molecular flexibility index (Phi) is 2.11. The van der Waals surface area contributed by atoms with Gasteiger partial charge in [0.1, 0.15) is 0 Å². The van der Waals surface area contributed by atoms with Crippen molar-refractivity contribution >= 4 is 10.1 Å². The first-order valence-corrected chi connectivity index (χ1v) is 7.52. The van der Waals surface area contributed by atoms with Gasteiger partial charge in [-0.05, 0) is 31.1 Å². The van der Waals surface area contributed by atoms with Crippen molar-refractivity contribution in [3.63, 3.8) is 0 Å². The Morgan fingerprint density at radius 3 is 2.81 bits per heavy atom. The molecule has 3 aliphatic carbocycles. The topological polar surface area (TPSA) is 43.4 Å². The fourth-order valence-corrected chi connectivity index (χ4v) is 4.37. The zero-order valence-electron chi connectivity index (χ0n) is 9.46. The monoisotopic (exact) mass is 240 g/mol. The average Bonchev–Trinajstić information content (AvgIpc) is 2.70. The molecule has 0 N–H and O–H groups in total. The van der Waals surface area contributed by atoms with Crippen LogP contribution in [0.15, 0.2) is 23.8 Å². The van der Waals surface area contributed by atoms with E-state index in [1.165, 1.54) is 5.57 Å². The van der Waals surface area contributed by atoms with E-state index in [1.807, 2.05) is 0 Å². The van der Waals surface area contributed by atoms with Gasteiger partial charge in [-0.25, -0.2) is 0 Å². The molecule has 0 unspecified atom stereocenters. The van der Waals surface area contributed by atoms with Gasteiger partial charge in [-0.15, -0.1) is 0 Å². The smallest absolute Gasteiger partial charge is 0.264 e. The van der Waals surface area contributed by atoms with Crippen LogP contribution in [-0.2, 0) is 14.3 Å². The molecule has 5 atom stereocenters. The maximum Gasteiger partial charge on any atom is 0.264 e. The standard InChI is InChI=1S/C12H16O3S/c1-7-5-8-3-4-9-6-10(11(7)12(8)9)15-16(2,13)14/h3-5,8-12H,6H2,1-2H3/t8-,9+,10+,11-,12+/m0/s1. The average molecular weight is 240 g/mol. The van der Waals surface area contributed by atoms with Crippen LogP contribution in [0.2, 0.25) is 0 Å². The van der Waals surface area contributed by atoms with Gasteiger partial charge >= 0.3 is 0 Å². The lowest BCUT2D eigenvalue weighted by molar-refractivity contribution is 0.172. The minimum absolute atomic E-state index is 0.142. The number of rotatable bonds is 2. The highest BCUT2D eigenvalue weighted by Gasteiger charge is 2.52. The van der Waals surface area contributed by atoms with Crippen molar-refractivity contribution in [3.05, 3.63) is 23.8 Å². The maximum absolute atomic E-state index is 11.2. The molecule has 3 rings (SSSR count). The van der Waals surface area contributed by atoms with E-state index in [2.05, 4.69) is 25.2 Å². The van der Waals surface area contributed by atoms with E-state index in [0.717, 1.165) is 12.7 Å². The molecule has 1 fully saturated rings. The van der Waals surface area contributed by atoms with Crippen molar-refractivity contribution in [2.75, 3.05) is 6.26 Å². The molecule has 16 heavy (non-hydrogen) atoms. The molecule has 0 aromatic heterocycles.